The average Bonchev–Trinajstić information content (AvgIpc) is 2.96. The van der Waals surface area contributed by atoms with Crippen molar-refractivity contribution < 1.29 is 9.15 Å². The molecule has 0 aromatic carbocycles. The monoisotopic (exact) mass is 279 g/mol. The minimum absolute atomic E-state index is 0.688. The van der Waals surface area contributed by atoms with Gasteiger partial charge < -0.3 is 14.5 Å². The molecule has 2 aromatic heterocycles. The Kier molecular flexibility index (Phi) is 5.09. The molecule has 5 nitrogen and oxygen atoms in total. The summed E-state index contributed by atoms with van der Waals surface area (Å²) in [6.07, 6.45) is 4.24. The molecule has 0 aliphatic heterocycles. The van der Waals surface area contributed by atoms with Gasteiger partial charge in [0.25, 0.3) is 0 Å². The predicted molar refractivity (Wildman–Crippen MR) is 75.6 cm³/mol. The highest BCUT2D eigenvalue weighted by Crippen LogP contribution is 2.34. The fourth-order valence-corrected chi connectivity index (χ4v) is 2.42. The van der Waals surface area contributed by atoms with Crippen LogP contribution in [-0.4, -0.2) is 23.6 Å². The fourth-order valence-electron chi connectivity index (χ4n) is 1.55. The summed E-state index contributed by atoms with van der Waals surface area (Å²) >= 11 is 1.57. The van der Waals surface area contributed by atoms with Crippen molar-refractivity contribution in [1.82, 2.24) is 9.97 Å². The first-order chi connectivity index (χ1) is 9.35. The van der Waals surface area contributed by atoms with E-state index < -0.39 is 0 Å². The van der Waals surface area contributed by atoms with Crippen LogP contribution in [0.5, 0.6) is 5.75 Å². The highest BCUT2D eigenvalue weighted by atomic mass is 32.2. The van der Waals surface area contributed by atoms with Gasteiger partial charge in [0.15, 0.2) is 11.6 Å². The Morgan fingerprint density at radius 2 is 2.32 bits per heavy atom. The molecule has 2 aromatic rings. The quantitative estimate of drug-likeness (QED) is 0.620. The van der Waals surface area contributed by atoms with E-state index >= 15 is 0 Å². The van der Waals surface area contributed by atoms with Gasteiger partial charge in [0.05, 0.1) is 19.1 Å². The summed E-state index contributed by atoms with van der Waals surface area (Å²) < 4.78 is 10.7. The lowest BCUT2D eigenvalue weighted by molar-refractivity contribution is 0.400. The molecule has 6 heteroatoms. The number of ether oxygens (including phenoxy) is 1. The third-order valence-corrected chi connectivity index (χ3v) is 3.44. The fraction of sp³-hybridized carbons (Fsp3) is 0.385. The van der Waals surface area contributed by atoms with Crippen LogP contribution in [0.1, 0.15) is 19.1 Å². The second kappa shape index (κ2) is 7.04. The van der Waals surface area contributed by atoms with Crippen LogP contribution >= 0.6 is 11.8 Å². The summed E-state index contributed by atoms with van der Waals surface area (Å²) in [5, 5.41) is 4.05. The minimum atomic E-state index is 0.688. The van der Waals surface area contributed by atoms with Crippen LogP contribution in [0.4, 0.5) is 5.82 Å². The average molecular weight is 279 g/mol. The number of furan rings is 1. The number of hydrogen-bond donors (Lipinski definition) is 1. The van der Waals surface area contributed by atoms with Crippen molar-refractivity contribution in [1.29, 1.82) is 0 Å². The SMILES string of the molecule is CCCNc1ncnc(SCc2ccco2)c1OC. The summed E-state index contributed by atoms with van der Waals surface area (Å²) in [6, 6.07) is 3.82. The van der Waals surface area contributed by atoms with Crippen LogP contribution in [0.3, 0.4) is 0 Å². The maximum absolute atomic E-state index is 5.40. The summed E-state index contributed by atoms with van der Waals surface area (Å²) in [7, 11) is 1.63. The molecule has 0 atom stereocenters. The van der Waals surface area contributed by atoms with Gasteiger partial charge in [-0.25, -0.2) is 9.97 Å². The number of aromatic nitrogens is 2. The second-order valence-corrected chi connectivity index (χ2v) is 4.82. The molecule has 0 aliphatic carbocycles. The molecule has 2 rings (SSSR count). The molecule has 0 amide bonds. The van der Waals surface area contributed by atoms with E-state index in [0.717, 1.165) is 29.6 Å². The Morgan fingerprint density at radius 1 is 1.42 bits per heavy atom. The Hall–Kier alpha value is -1.69. The first-order valence-electron chi connectivity index (χ1n) is 6.13. The third kappa shape index (κ3) is 3.64. The molecule has 0 unspecified atom stereocenters. The van der Waals surface area contributed by atoms with E-state index in [4.69, 9.17) is 9.15 Å². The van der Waals surface area contributed by atoms with Crippen molar-refractivity contribution in [2.45, 2.75) is 24.1 Å². The van der Waals surface area contributed by atoms with E-state index in [1.165, 1.54) is 0 Å². The van der Waals surface area contributed by atoms with E-state index in [9.17, 15) is 0 Å². The summed E-state index contributed by atoms with van der Waals surface area (Å²) in [5.41, 5.74) is 0. The largest absolute Gasteiger partial charge is 0.490 e. The van der Waals surface area contributed by atoms with Crippen LogP contribution in [0.25, 0.3) is 0 Å². The maximum atomic E-state index is 5.40. The van der Waals surface area contributed by atoms with Crippen molar-refractivity contribution >= 4 is 17.6 Å². The molecule has 0 saturated carbocycles. The van der Waals surface area contributed by atoms with Gasteiger partial charge in [0.2, 0.25) is 0 Å². The molecule has 0 saturated heterocycles. The van der Waals surface area contributed by atoms with Crippen LogP contribution in [0.2, 0.25) is 0 Å². The number of anilines is 1. The first-order valence-corrected chi connectivity index (χ1v) is 7.11. The lowest BCUT2D eigenvalue weighted by Crippen LogP contribution is -2.05. The molecule has 0 radical (unpaired) electrons. The van der Waals surface area contributed by atoms with Crippen LogP contribution in [-0.2, 0) is 5.75 Å². The van der Waals surface area contributed by atoms with Gasteiger partial charge in [0.1, 0.15) is 17.1 Å². The minimum Gasteiger partial charge on any atom is -0.490 e. The molecule has 2 heterocycles. The third-order valence-electron chi connectivity index (χ3n) is 2.45. The van der Waals surface area contributed by atoms with Gasteiger partial charge in [-0.1, -0.05) is 18.7 Å². The summed E-state index contributed by atoms with van der Waals surface area (Å²) in [4.78, 5) is 8.47. The Morgan fingerprint density at radius 3 is 3.00 bits per heavy atom. The molecule has 0 bridgehead atoms. The molecular weight excluding hydrogens is 262 g/mol. The van der Waals surface area contributed by atoms with Crippen LogP contribution in [0, 0.1) is 0 Å². The van der Waals surface area contributed by atoms with Crippen molar-refractivity contribution in [3.8, 4) is 5.75 Å². The smallest absolute Gasteiger partial charge is 0.193 e. The highest BCUT2D eigenvalue weighted by molar-refractivity contribution is 7.98. The Labute approximate surface area is 116 Å². The summed E-state index contributed by atoms with van der Waals surface area (Å²) in [5.74, 6) is 3.05. The zero-order chi connectivity index (χ0) is 13.5. The van der Waals surface area contributed by atoms with Gasteiger partial charge in [0, 0.05) is 6.54 Å². The number of nitrogens with one attached hydrogen (secondary N) is 1. The Bertz CT molecular complexity index is 503. The van der Waals surface area contributed by atoms with Gasteiger partial charge >= 0.3 is 0 Å². The zero-order valence-electron chi connectivity index (χ0n) is 11.0. The number of methoxy groups -OCH3 is 1. The lowest BCUT2D eigenvalue weighted by atomic mass is 10.4. The van der Waals surface area contributed by atoms with E-state index in [2.05, 4.69) is 22.2 Å². The molecule has 19 heavy (non-hydrogen) atoms. The molecule has 102 valence electrons. The van der Waals surface area contributed by atoms with Crippen LogP contribution < -0.4 is 10.1 Å². The predicted octanol–water partition coefficient (Wildman–Crippen LogP) is 3.19. The molecular formula is C13H17N3O2S. The summed E-state index contributed by atoms with van der Waals surface area (Å²) in [6.45, 7) is 2.96. The van der Waals surface area contributed by atoms with Crippen molar-refractivity contribution in [3.63, 3.8) is 0 Å². The number of hydrogen-bond acceptors (Lipinski definition) is 6. The van der Waals surface area contributed by atoms with E-state index in [0.29, 0.717) is 11.5 Å². The second-order valence-electron chi connectivity index (χ2n) is 3.86. The van der Waals surface area contributed by atoms with Crippen LogP contribution in [0.15, 0.2) is 34.2 Å². The van der Waals surface area contributed by atoms with E-state index in [1.54, 1.807) is 31.5 Å². The van der Waals surface area contributed by atoms with Crippen molar-refractivity contribution in [3.05, 3.63) is 30.5 Å². The first kappa shape index (κ1) is 13.7. The highest BCUT2D eigenvalue weighted by Gasteiger charge is 2.12. The number of thioether (sulfide) groups is 1. The molecule has 0 fully saturated rings. The van der Waals surface area contributed by atoms with Gasteiger partial charge in [-0.2, -0.15) is 0 Å². The van der Waals surface area contributed by atoms with Gasteiger partial charge in [-0.15, -0.1) is 0 Å². The van der Waals surface area contributed by atoms with Crippen molar-refractivity contribution in [2.24, 2.45) is 0 Å². The number of nitrogens with zero attached hydrogens (tertiary/aromatic N) is 2. The maximum Gasteiger partial charge on any atom is 0.193 e. The van der Waals surface area contributed by atoms with E-state index in [-0.39, 0.29) is 0 Å². The van der Waals surface area contributed by atoms with Crippen molar-refractivity contribution in [2.75, 3.05) is 19.0 Å². The molecule has 0 spiro atoms. The molecule has 0 aliphatic rings. The molecule has 1 N–H and O–H groups in total. The Balaban J connectivity index is 2.10. The zero-order valence-corrected chi connectivity index (χ0v) is 11.9. The topological polar surface area (TPSA) is 60.2 Å². The van der Waals surface area contributed by atoms with E-state index in [1.807, 2.05) is 12.1 Å². The lowest BCUT2D eigenvalue weighted by Gasteiger charge is -2.11. The normalized spacial score (nSPS) is 10.4. The standard InChI is InChI=1S/C13H17N3O2S/c1-3-6-14-12-11(17-2)13(16-9-15-12)19-8-10-5-4-7-18-10/h4-5,7,9H,3,6,8H2,1-2H3,(H,14,15,16). The number of rotatable bonds is 7. The van der Waals surface area contributed by atoms with Gasteiger partial charge in [-0.3, -0.25) is 0 Å². The van der Waals surface area contributed by atoms with Gasteiger partial charge in [-0.05, 0) is 18.6 Å².